The van der Waals surface area contributed by atoms with Crippen LogP contribution in [0.5, 0.6) is 0 Å². The van der Waals surface area contributed by atoms with Crippen LogP contribution in [-0.4, -0.2) is 6.54 Å². The SMILES string of the molecule is CCNC(c1ccc(CC(C)C)cc1)C(C)(C)CC. The summed E-state index contributed by atoms with van der Waals surface area (Å²) in [6.07, 6.45) is 2.35. The van der Waals surface area contributed by atoms with Gasteiger partial charge in [0.2, 0.25) is 0 Å². The third-order valence-electron chi connectivity index (χ3n) is 4.06. The first-order valence-electron chi connectivity index (χ1n) is 7.73. The third kappa shape index (κ3) is 4.65. The molecular weight excluding hydrogens is 230 g/mol. The average Bonchev–Trinajstić information content (AvgIpc) is 2.36. The third-order valence-corrected chi connectivity index (χ3v) is 4.06. The van der Waals surface area contributed by atoms with Crippen LogP contribution in [0.4, 0.5) is 0 Å². The summed E-state index contributed by atoms with van der Waals surface area (Å²) in [4.78, 5) is 0. The first-order chi connectivity index (χ1) is 8.90. The van der Waals surface area contributed by atoms with Crippen molar-refractivity contribution in [3.8, 4) is 0 Å². The van der Waals surface area contributed by atoms with E-state index in [2.05, 4.69) is 71.1 Å². The van der Waals surface area contributed by atoms with E-state index in [-0.39, 0.29) is 5.41 Å². The van der Waals surface area contributed by atoms with Crippen LogP contribution in [0.25, 0.3) is 0 Å². The molecule has 1 aromatic rings. The normalized spacial score (nSPS) is 13.8. The minimum absolute atomic E-state index is 0.287. The molecule has 1 atom stereocenters. The molecule has 0 heterocycles. The van der Waals surface area contributed by atoms with Crippen molar-refractivity contribution < 1.29 is 0 Å². The molecule has 0 saturated heterocycles. The number of rotatable bonds is 7. The van der Waals surface area contributed by atoms with Gasteiger partial charge in [-0.15, -0.1) is 0 Å². The number of hydrogen-bond donors (Lipinski definition) is 1. The Hall–Kier alpha value is -0.820. The number of hydrogen-bond acceptors (Lipinski definition) is 1. The second kappa shape index (κ2) is 7.09. The van der Waals surface area contributed by atoms with Gasteiger partial charge < -0.3 is 5.32 Å². The highest BCUT2D eigenvalue weighted by molar-refractivity contribution is 5.26. The van der Waals surface area contributed by atoms with Gasteiger partial charge in [-0.25, -0.2) is 0 Å². The molecule has 108 valence electrons. The fourth-order valence-electron chi connectivity index (χ4n) is 2.57. The standard InChI is InChI=1S/C18H31N/c1-7-18(5,6)17(19-8-2)16-11-9-15(10-12-16)13-14(3)4/h9-12,14,17,19H,7-8,13H2,1-6H3. The lowest BCUT2D eigenvalue weighted by molar-refractivity contribution is 0.237. The summed E-state index contributed by atoms with van der Waals surface area (Å²) >= 11 is 0. The van der Waals surface area contributed by atoms with E-state index in [0.29, 0.717) is 6.04 Å². The zero-order chi connectivity index (χ0) is 14.5. The maximum atomic E-state index is 3.65. The van der Waals surface area contributed by atoms with Gasteiger partial charge in [-0.3, -0.25) is 0 Å². The van der Waals surface area contributed by atoms with E-state index < -0.39 is 0 Å². The molecule has 0 saturated carbocycles. The maximum absolute atomic E-state index is 3.65. The Labute approximate surface area is 119 Å². The van der Waals surface area contributed by atoms with E-state index >= 15 is 0 Å². The van der Waals surface area contributed by atoms with Crippen molar-refractivity contribution in [3.05, 3.63) is 35.4 Å². The van der Waals surface area contributed by atoms with Gasteiger partial charge in [0.25, 0.3) is 0 Å². The molecule has 0 aromatic heterocycles. The fraction of sp³-hybridized carbons (Fsp3) is 0.667. The quantitative estimate of drug-likeness (QED) is 0.730. The smallest absolute Gasteiger partial charge is 0.0371 e. The lowest BCUT2D eigenvalue weighted by Gasteiger charge is -2.34. The molecule has 0 amide bonds. The summed E-state index contributed by atoms with van der Waals surface area (Å²) in [5.41, 5.74) is 3.15. The van der Waals surface area contributed by atoms with E-state index in [1.807, 2.05) is 0 Å². The average molecular weight is 261 g/mol. The van der Waals surface area contributed by atoms with Gasteiger partial charge in [0.05, 0.1) is 0 Å². The first-order valence-corrected chi connectivity index (χ1v) is 7.73. The maximum Gasteiger partial charge on any atom is 0.0371 e. The molecule has 19 heavy (non-hydrogen) atoms. The molecule has 1 N–H and O–H groups in total. The van der Waals surface area contributed by atoms with Crippen LogP contribution < -0.4 is 5.32 Å². The Kier molecular flexibility index (Phi) is 6.06. The van der Waals surface area contributed by atoms with Gasteiger partial charge in [-0.2, -0.15) is 0 Å². The molecule has 0 aliphatic carbocycles. The van der Waals surface area contributed by atoms with Crippen molar-refractivity contribution in [2.24, 2.45) is 11.3 Å². The Morgan fingerprint density at radius 3 is 2.05 bits per heavy atom. The van der Waals surface area contributed by atoms with Crippen LogP contribution in [0.1, 0.15) is 65.1 Å². The van der Waals surface area contributed by atoms with Crippen molar-refractivity contribution in [2.75, 3.05) is 6.54 Å². The predicted octanol–water partition coefficient (Wildman–Crippen LogP) is 4.97. The molecular formula is C18H31N. The molecule has 1 aromatic carbocycles. The molecule has 1 unspecified atom stereocenters. The van der Waals surface area contributed by atoms with Crippen molar-refractivity contribution in [3.63, 3.8) is 0 Å². The first kappa shape index (κ1) is 16.2. The molecule has 0 aliphatic rings. The highest BCUT2D eigenvalue weighted by atomic mass is 14.9. The molecule has 0 bridgehead atoms. The van der Waals surface area contributed by atoms with Gasteiger partial charge >= 0.3 is 0 Å². The van der Waals surface area contributed by atoms with E-state index in [0.717, 1.165) is 12.5 Å². The molecule has 1 nitrogen and oxygen atoms in total. The van der Waals surface area contributed by atoms with E-state index in [4.69, 9.17) is 0 Å². The summed E-state index contributed by atoms with van der Waals surface area (Å²) in [7, 11) is 0. The van der Waals surface area contributed by atoms with Crippen LogP contribution >= 0.6 is 0 Å². The summed E-state index contributed by atoms with van der Waals surface area (Å²) in [5.74, 6) is 0.725. The van der Waals surface area contributed by atoms with Crippen LogP contribution in [0.3, 0.4) is 0 Å². The lowest BCUT2D eigenvalue weighted by Crippen LogP contribution is -2.33. The van der Waals surface area contributed by atoms with E-state index in [1.165, 1.54) is 24.0 Å². The summed E-state index contributed by atoms with van der Waals surface area (Å²) in [6.45, 7) is 14.7. The topological polar surface area (TPSA) is 12.0 Å². The Morgan fingerprint density at radius 1 is 1.05 bits per heavy atom. The van der Waals surface area contributed by atoms with Crippen molar-refractivity contribution in [2.45, 2.75) is 60.4 Å². The lowest BCUT2D eigenvalue weighted by atomic mass is 9.78. The van der Waals surface area contributed by atoms with Crippen molar-refractivity contribution >= 4 is 0 Å². The molecule has 0 radical (unpaired) electrons. The van der Waals surface area contributed by atoms with Gasteiger partial charge in [-0.1, -0.05) is 65.8 Å². The highest BCUT2D eigenvalue weighted by Crippen LogP contribution is 2.36. The summed E-state index contributed by atoms with van der Waals surface area (Å²) in [6, 6.07) is 9.65. The monoisotopic (exact) mass is 261 g/mol. The van der Waals surface area contributed by atoms with Crippen LogP contribution in [0.15, 0.2) is 24.3 Å². The molecule has 0 aliphatic heterocycles. The Morgan fingerprint density at radius 2 is 1.63 bits per heavy atom. The predicted molar refractivity (Wildman–Crippen MR) is 85.5 cm³/mol. The van der Waals surface area contributed by atoms with E-state index in [1.54, 1.807) is 0 Å². The summed E-state index contributed by atoms with van der Waals surface area (Å²) in [5, 5.41) is 3.65. The van der Waals surface area contributed by atoms with Crippen LogP contribution in [0, 0.1) is 11.3 Å². The second-order valence-electron chi connectivity index (χ2n) is 6.67. The minimum atomic E-state index is 0.287. The molecule has 1 rings (SSSR count). The van der Waals surface area contributed by atoms with Gasteiger partial charge in [0.1, 0.15) is 0 Å². The zero-order valence-electron chi connectivity index (χ0n) is 13.6. The summed E-state index contributed by atoms with van der Waals surface area (Å²) < 4.78 is 0. The van der Waals surface area contributed by atoms with Crippen molar-refractivity contribution in [1.29, 1.82) is 0 Å². The van der Waals surface area contributed by atoms with Crippen molar-refractivity contribution in [1.82, 2.24) is 5.32 Å². The second-order valence-corrected chi connectivity index (χ2v) is 6.67. The fourth-order valence-corrected chi connectivity index (χ4v) is 2.57. The largest absolute Gasteiger partial charge is 0.310 e. The highest BCUT2D eigenvalue weighted by Gasteiger charge is 2.28. The molecule has 0 fully saturated rings. The van der Waals surface area contributed by atoms with Gasteiger partial charge in [-0.05, 0) is 41.8 Å². The minimum Gasteiger partial charge on any atom is -0.310 e. The van der Waals surface area contributed by atoms with Crippen LogP contribution in [0.2, 0.25) is 0 Å². The molecule has 1 heteroatoms. The van der Waals surface area contributed by atoms with E-state index in [9.17, 15) is 0 Å². The Bertz CT molecular complexity index is 362. The van der Waals surface area contributed by atoms with Crippen LogP contribution in [-0.2, 0) is 6.42 Å². The molecule has 0 spiro atoms. The number of benzene rings is 1. The van der Waals surface area contributed by atoms with Gasteiger partial charge in [0.15, 0.2) is 0 Å². The number of nitrogens with one attached hydrogen (secondary N) is 1. The van der Waals surface area contributed by atoms with Gasteiger partial charge in [0, 0.05) is 6.04 Å². The Balaban J connectivity index is 2.91. The zero-order valence-corrected chi connectivity index (χ0v) is 13.6.